The van der Waals surface area contributed by atoms with Crippen LogP contribution >= 0.6 is 11.6 Å². The predicted molar refractivity (Wildman–Crippen MR) is 99.9 cm³/mol. The number of fused-ring (bicyclic) bond motifs is 1. The molecule has 2 N–H and O–H groups in total. The van der Waals surface area contributed by atoms with E-state index in [0.717, 1.165) is 35.5 Å². The molecule has 3 heterocycles. The van der Waals surface area contributed by atoms with Crippen molar-refractivity contribution in [2.75, 3.05) is 17.2 Å². The molecule has 1 aliphatic heterocycles. The van der Waals surface area contributed by atoms with Crippen LogP contribution in [0.1, 0.15) is 22.6 Å². The maximum Gasteiger partial charge on any atom is 0.222 e. The van der Waals surface area contributed by atoms with Crippen molar-refractivity contribution in [1.82, 2.24) is 15.0 Å². The zero-order chi connectivity index (χ0) is 17.9. The first-order valence-electron chi connectivity index (χ1n) is 8.36. The number of pyridine rings is 1. The Kier molecular flexibility index (Phi) is 4.67. The van der Waals surface area contributed by atoms with Crippen molar-refractivity contribution in [3.05, 3.63) is 76.5 Å². The summed E-state index contributed by atoms with van der Waals surface area (Å²) in [4.78, 5) is 13.1. The van der Waals surface area contributed by atoms with E-state index in [9.17, 15) is 4.39 Å². The fourth-order valence-corrected chi connectivity index (χ4v) is 3.21. The first-order valence-corrected chi connectivity index (χ1v) is 8.74. The van der Waals surface area contributed by atoms with Crippen molar-refractivity contribution in [3.63, 3.8) is 0 Å². The fraction of sp³-hybridized carbons (Fsp3) is 0.211. The van der Waals surface area contributed by atoms with E-state index in [2.05, 4.69) is 25.6 Å². The van der Waals surface area contributed by atoms with Gasteiger partial charge in [-0.15, -0.1) is 0 Å². The van der Waals surface area contributed by atoms with E-state index in [0.29, 0.717) is 23.4 Å². The zero-order valence-electron chi connectivity index (χ0n) is 13.9. The first kappa shape index (κ1) is 16.7. The molecule has 3 aromatic rings. The molecule has 0 saturated heterocycles. The maximum absolute atomic E-state index is 12.9. The SMILES string of the molecule is Fc1ccc(CNc2ncc(CC3CNc4ncc(Cl)cc43)cn2)cc1. The number of halogens is 2. The van der Waals surface area contributed by atoms with E-state index in [1.807, 2.05) is 18.5 Å². The highest BCUT2D eigenvalue weighted by Crippen LogP contribution is 2.33. The number of nitrogens with zero attached hydrogens (tertiary/aromatic N) is 3. The number of hydrogen-bond acceptors (Lipinski definition) is 5. The van der Waals surface area contributed by atoms with Gasteiger partial charge in [-0.2, -0.15) is 0 Å². The fourth-order valence-electron chi connectivity index (χ4n) is 3.05. The summed E-state index contributed by atoms with van der Waals surface area (Å²) in [5.74, 6) is 1.51. The van der Waals surface area contributed by atoms with Crippen LogP contribution in [0.4, 0.5) is 16.2 Å². The van der Waals surface area contributed by atoms with Gasteiger partial charge in [-0.1, -0.05) is 23.7 Å². The monoisotopic (exact) mass is 369 g/mol. The van der Waals surface area contributed by atoms with Gasteiger partial charge in [0.15, 0.2) is 0 Å². The molecular weight excluding hydrogens is 353 g/mol. The van der Waals surface area contributed by atoms with Gasteiger partial charge in [-0.3, -0.25) is 0 Å². The highest BCUT2D eigenvalue weighted by molar-refractivity contribution is 6.30. The van der Waals surface area contributed by atoms with Crippen LogP contribution in [0, 0.1) is 5.82 Å². The lowest BCUT2D eigenvalue weighted by molar-refractivity contribution is 0.627. The van der Waals surface area contributed by atoms with E-state index >= 15 is 0 Å². The minimum absolute atomic E-state index is 0.242. The van der Waals surface area contributed by atoms with Crippen molar-refractivity contribution < 1.29 is 4.39 Å². The maximum atomic E-state index is 12.9. The zero-order valence-corrected chi connectivity index (χ0v) is 14.7. The molecule has 0 amide bonds. The van der Waals surface area contributed by atoms with E-state index in [4.69, 9.17) is 11.6 Å². The van der Waals surface area contributed by atoms with E-state index < -0.39 is 0 Å². The third-order valence-corrected chi connectivity index (χ3v) is 4.60. The molecule has 26 heavy (non-hydrogen) atoms. The second-order valence-electron chi connectivity index (χ2n) is 6.27. The van der Waals surface area contributed by atoms with Gasteiger partial charge in [0.05, 0.1) is 5.02 Å². The van der Waals surface area contributed by atoms with Crippen molar-refractivity contribution >= 4 is 23.4 Å². The van der Waals surface area contributed by atoms with Gasteiger partial charge in [0, 0.05) is 43.2 Å². The number of rotatable bonds is 5. The average Bonchev–Trinajstić information content (AvgIpc) is 3.04. The Balaban J connectivity index is 1.38. The molecule has 0 fully saturated rings. The first-order chi connectivity index (χ1) is 12.7. The average molecular weight is 370 g/mol. The number of aromatic nitrogens is 3. The largest absolute Gasteiger partial charge is 0.369 e. The Hall–Kier alpha value is -2.73. The molecule has 0 bridgehead atoms. The molecule has 2 aromatic heterocycles. The van der Waals surface area contributed by atoms with Crippen molar-refractivity contribution in [3.8, 4) is 0 Å². The van der Waals surface area contributed by atoms with E-state index in [1.165, 1.54) is 12.1 Å². The number of anilines is 2. The summed E-state index contributed by atoms with van der Waals surface area (Å²) in [6.07, 6.45) is 6.13. The summed E-state index contributed by atoms with van der Waals surface area (Å²) < 4.78 is 12.9. The second kappa shape index (κ2) is 7.25. The van der Waals surface area contributed by atoms with Crippen LogP contribution in [0.15, 0.2) is 48.9 Å². The highest BCUT2D eigenvalue weighted by Gasteiger charge is 2.24. The van der Waals surface area contributed by atoms with Gasteiger partial charge >= 0.3 is 0 Å². The Labute approximate surface area is 155 Å². The molecular formula is C19H17ClFN5. The van der Waals surface area contributed by atoms with Gasteiger partial charge in [0.25, 0.3) is 0 Å². The van der Waals surface area contributed by atoms with Crippen molar-refractivity contribution in [2.45, 2.75) is 18.9 Å². The Bertz CT molecular complexity index is 899. The molecule has 1 aliphatic rings. The van der Waals surface area contributed by atoms with E-state index in [-0.39, 0.29) is 5.82 Å². The number of benzene rings is 1. The van der Waals surface area contributed by atoms with Crippen LogP contribution in [0.5, 0.6) is 0 Å². The Morgan fingerprint density at radius 2 is 1.85 bits per heavy atom. The molecule has 4 rings (SSSR count). The van der Waals surface area contributed by atoms with Gasteiger partial charge in [-0.05, 0) is 35.7 Å². The smallest absolute Gasteiger partial charge is 0.222 e. The van der Waals surface area contributed by atoms with Crippen LogP contribution in [0.2, 0.25) is 5.02 Å². The molecule has 7 heteroatoms. The highest BCUT2D eigenvalue weighted by atomic mass is 35.5. The molecule has 0 aliphatic carbocycles. The summed E-state index contributed by atoms with van der Waals surface area (Å²) in [5.41, 5.74) is 3.16. The predicted octanol–water partition coefficient (Wildman–Crippen LogP) is 4.03. The van der Waals surface area contributed by atoms with Gasteiger partial charge in [0.2, 0.25) is 5.95 Å². The Morgan fingerprint density at radius 1 is 1.08 bits per heavy atom. The van der Waals surface area contributed by atoms with Crippen LogP contribution in [-0.4, -0.2) is 21.5 Å². The summed E-state index contributed by atoms with van der Waals surface area (Å²) in [6.45, 7) is 1.37. The molecule has 1 atom stereocenters. The molecule has 0 saturated carbocycles. The molecule has 0 radical (unpaired) electrons. The molecule has 1 aromatic carbocycles. The topological polar surface area (TPSA) is 62.7 Å². The summed E-state index contributed by atoms with van der Waals surface area (Å²) in [6, 6.07) is 8.32. The standard InChI is InChI=1S/C19H17ClFN5/c20-15-6-17-14(10-22-18(17)23-11-15)5-13-8-25-19(26-9-13)24-7-12-1-3-16(21)4-2-12/h1-4,6,8-9,11,14H,5,7,10H2,(H,22,23)(H,24,25,26). The minimum atomic E-state index is -0.242. The Morgan fingerprint density at radius 3 is 2.62 bits per heavy atom. The van der Waals surface area contributed by atoms with Gasteiger partial charge < -0.3 is 10.6 Å². The van der Waals surface area contributed by atoms with Crippen LogP contribution < -0.4 is 10.6 Å². The van der Waals surface area contributed by atoms with Crippen LogP contribution in [-0.2, 0) is 13.0 Å². The number of hydrogen-bond donors (Lipinski definition) is 2. The molecule has 132 valence electrons. The summed E-state index contributed by atoms with van der Waals surface area (Å²) in [5, 5.41) is 7.09. The van der Waals surface area contributed by atoms with Crippen molar-refractivity contribution in [1.29, 1.82) is 0 Å². The minimum Gasteiger partial charge on any atom is -0.369 e. The van der Waals surface area contributed by atoms with Gasteiger partial charge in [0.1, 0.15) is 11.6 Å². The normalized spacial score (nSPS) is 15.4. The van der Waals surface area contributed by atoms with E-state index in [1.54, 1.807) is 18.3 Å². The van der Waals surface area contributed by atoms with Crippen LogP contribution in [0.3, 0.4) is 0 Å². The molecule has 5 nitrogen and oxygen atoms in total. The molecule has 1 unspecified atom stereocenters. The second-order valence-corrected chi connectivity index (χ2v) is 6.70. The third kappa shape index (κ3) is 3.75. The summed E-state index contributed by atoms with van der Waals surface area (Å²) in [7, 11) is 0. The summed E-state index contributed by atoms with van der Waals surface area (Å²) >= 11 is 6.06. The lowest BCUT2D eigenvalue weighted by atomic mass is 9.96. The van der Waals surface area contributed by atoms with Crippen LogP contribution in [0.25, 0.3) is 0 Å². The lowest BCUT2D eigenvalue weighted by Crippen LogP contribution is -2.08. The lowest BCUT2D eigenvalue weighted by Gasteiger charge is -2.10. The van der Waals surface area contributed by atoms with Crippen molar-refractivity contribution in [2.24, 2.45) is 0 Å². The third-order valence-electron chi connectivity index (χ3n) is 4.39. The molecule has 0 spiro atoms. The quantitative estimate of drug-likeness (QED) is 0.711. The number of nitrogens with one attached hydrogen (secondary N) is 2. The van der Waals surface area contributed by atoms with Gasteiger partial charge in [-0.25, -0.2) is 19.3 Å².